The van der Waals surface area contributed by atoms with Crippen LogP contribution in [0.15, 0.2) is 24.4 Å². The topological polar surface area (TPSA) is 72.4 Å². The lowest BCUT2D eigenvalue weighted by molar-refractivity contribution is 0.122. The summed E-state index contributed by atoms with van der Waals surface area (Å²) in [5.74, 6) is 2.10. The van der Waals surface area contributed by atoms with Crippen molar-refractivity contribution in [3.63, 3.8) is 0 Å². The summed E-state index contributed by atoms with van der Waals surface area (Å²) >= 11 is 6.12. The molecule has 0 atom stereocenters. The first-order valence-electron chi connectivity index (χ1n) is 7.84. The summed E-state index contributed by atoms with van der Waals surface area (Å²) < 4.78 is 10.5. The third kappa shape index (κ3) is 4.46. The van der Waals surface area contributed by atoms with Crippen molar-refractivity contribution >= 4 is 23.4 Å². The Labute approximate surface area is 146 Å². The molecule has 3 heterocycles. The van der Waals surface area contributed by atoms with E-state index in [0.717, 1.165) is 36.8 Å². The third-order valence-corrected chi connectivity index (χ3v) is 3.91. The Morgan fingerprint density at radius 2 is 2.12 bits per heavy atom. The zero-order valence-electron chi connectivity index (χ0n) is 13.5. The van der Waals surface area contributed by atoms with E-state index >= 15 is 0 Å². The molecule has 1 saturated heterocycles. The molecule has 1 N–H and O–H groups in total. The van der Waals surface area contributed by atoms with E-state index in [-0.39, 0.29) is 0 Å². The van der Waals surface area contributed by atoms with Crippen LogP contribution in [-0.4, -0.2) is 54.9 Å². The number of hydrogen-bond acceptors (Lipinski definition) is 7. The molecule has 8 heteroatoms. The monoisotopic (exact) mass is 349 g/mol. The number of pyridine rings is 1. The molecule has 1 fully saturated rings. The van der Waals surface area contributed by atoms with Crippen LogP contribution in [0.25, 0.3) is 0 Å². The van der Waals surface area contributed by atoms with Crippen LogP contribution in [0.4, 0.5) is 11.8 Å². The number of halogens is 1. The second-order valence-corrected chi connectivity index (χ2v) is 5.73. The number of morpholine rings is 1. The van der Waals surface area contributed by atoms with Crippen molar-refractivity contribution in [1.82, 2.24) is 15.0 Å². The Kier molecular flexibility index (Phi) is 5.66. The number of anilines is 2. The molecule has 0 aliphatic carbocycles. The van der Waals surface area contributed by atoms with Crippen molar-refractivity contribution in [2.45, 2.75) is 6.42 Å². The third-order valence-electron chi connectivity index (χ3n) is 3.71. The van der Waals surface area contributed by atoms with Crippen LogP contribution >= 0.6 is 11.6 Å². The fourth-order valence-electron chi connectivity index (χ4n) is 2.42. The molecule has 2 aromatic rings. The summed E-state index contributed by atoms with van der Waals surface area (Å²) in [5, 5.41) is 3.63. The van der Waals surface area contributed by atoms with Gasteiger partial charge in [-0.25, -0.2) is 4.98 Å². The van der Waals surface area contributed by atoms with E-state index < -0.39 is 0 Å². The average molecular weight is 350 g/mol. The Morgan fingerprint density at radius 3 is 2.83 bits per heavy atom. The van der Waals surface area contributed by atoms with E-state index in [1.165, 1.54) is 0 Å². The van der Waals surface area contributed by atoms with Gasteiger partial charge in [-0.2, -0.15) is 4.98 Å². The Hall–Kier alpha value is -2.12. The summed E-state index contributed by atoms with van der Waals surface area (Å²) in [6.07, 6.45) is 2.47. The normalized spacial score (nSPS) is 14.5. The second kappa shape index (κ2) is 8.12. The van der Waals surface area contributed by atoms with Gasteiger partial charge in [0.1, 0.15) is 16.7 Å². The standard InChI is InChI=1S/C16H20ClN5O2/c1-23-13-3-2-12(19-11-13)4-5-18-16-20-14(17)10-15(21-16)22-6-8-24-9-7-22/h2-3,10-11H,4-9H2,1H3,(H,18,20,21). The van der Waals surface area contributed by atoms with Crippen LogP contribution in [0.5, 0.6) is 5.75 Å². The molecule has 2 aromatic heterocycles. The minimum absolute atomic E-state index is 0.427. The van der Waals surface area contributed by atoms with E-state index in [1.54, 1.807) is 19.4 Å². The number of aromatic nitrogens is 3. The molecule has 0 spiro atoms. The van der Waals surface area contributed by atoms with Crippen molar-refractivity contribution in [3.05, 3.63) is 35.2 Å². The summed E-state index contributed by atoms with van der Waals surface area (Å²) in [6.45, 7) is 3.69. The maximum Gasteiger partial charge on any atom is 0.226 e. The molecular formula is C16H20ClN5O2. The van der Waals surface area contributed by atoms with Gasteiger partial charge in [-0.05, 0) is 12.1 Å². The number of hydrogen-bond donors (Lipinski definition) is 1. The van der Waals surface area contributed by atoms with Crippen molar-refractivity contribution in [2.75, 3.05) is 50.2 Å². The van der Waals surface area contributed by atoms with Crippen molar-refractivity contribution in [3.8, 4) is 5.75 Å². The van der Waals surface area contributed by atoms with E-state index in [2.05, 4.69) is 25.2 Å². The van der Waals surface area contributed by atoms with Crippen LogP contribution in [0.2, 0.25) is 5.15 Å². The molecule has 0 aromatic carbocycles. The number of ether oxygens (including phenoxy) is 2. The van der Waals surface area contributed by atoms with Gasteiger partial charge >= 0.3 is 0 Å². The highest BCUT2D eigenvalue weighted by molar-refractivity contribution is 6.29. The van der Waals surface area contributed by atoms with Gasteiger partial charge in [0.15, 0.2) is 0 Å². The lowest BCUT2D eigenvalue weighted by Crippen LogP contribution is -2.36. The highest BCUT2D eigenvalue weighted by atomic mass is 35.5. The molecule has 128 valence electrons. The Bertz CT molecular complexity index is 662. The highest BCUT2D eigenvalue weighted by Gasteiger charge is 2.14. The first-order valence-corrected chi connectivity index (χ1v) is 8.22. The smallest absolute Gasteiger partial charge is 0.226 e. The highest BCUT2D eigenvalue weighted by Crippen LogP contribution is 2.19. The molecule has 0 radical (unpaired) electrons. The fraction of sp³-hybridized carbons (Fsp3) is 0.438. The fourth-order valence-corrected chi connectivity index (χ4v) is 2.60. The van der Waals surface area contributed by atoms with Crippen molar-refractivity contribution in [1.29, 1.82) is 0 Å². The quantitative estimate of drug-likeness (QED) is 0.800. The number of methoxy groups -OCH3 is 1. The minimum Gasteiger partial charge on any atom is -0.495 e. The maximum atomic E-state index is 6.12. The van der Waals surface area contributed by atoms with Gasteiger partial charge in [-0.15, -0.1) is 0 Å². The number of nitrogens with one attached hydrogen (secondary N) is 1. The SMILES string of the molecule is COc1ccc(CCNc2nc(Cl)cc(N3CCOCC3)n2)nc1. The van der Waals surface area contributed by atoms with Crippen molar-refractivity contribution < 1.29 is 9.47 Å². The van der Waals surface area contributed by atoms with Gasteiger partial charge in [0.2, 0.25) is 5.95 Å². The summed E-state index contributed by atoms with van der Waals surface area (Å²) in [4.78, 5) is 15.3. The molecule has 0 unspecified atom stereocenters. The molecule has 0 amide bonds. The van der Waals surface area contributed by atoms with Crippen LogP contribution in [-0.2, 0) is 11.2 Å². The van der Waals surface area contributed by atoms with E-state index in [9.17, 15) is 0 Å². The molecule has 1 aliphatic rings. The van der Waals surface area contributed by atoms with Gasteiger partial charge in [-0.1, -0.05) is 11.6 Å². The van der Waals surface area contributed by atoms with Crippen LogP contribution < -0.4 is 15.0 Å². The zero-order valence-corrected chi connectivity index (χ0v) is 14.3. The largest absolute Gasteiger partial charge is 0.495 e. The average Bonchev–Trinajstić information content (AvgIpc) is 2.63. The predicted molar refractivity (Wildman–Crippen MR) is 93.1 cm³/mol. The van der Waals surface area contributed by atoms with Crippen molar-refractivity contribution in [2.24, 2.45) is 0 Å². The second-order valence-electron chi connectivity index (χ2n) is 5.34. The van der Waals surface area contributed by atoms with Gasteiger partial charge in [-0.3, -0.25) is 4.98 Å². The maximum absolute atomic E-state index is 6.12. The van der Waals surface area contributed by atoms with Gasteiger partial charge in [0.25, 0.3) is 0 Å². The molecular weight excluding hydrogens is 330 g/mol. The zero-order chi connectivity index (χ0) is 16.8. The Balaban J connectivity index is 1.58. The van der Waals surface area contributed by atoms with E-state index in [1.807, 2.05) is 12.1 Å². The summed E-state index contributed by atoms with van der Waals surface area (Å²) in [6, 6.07) is 5.62. The van der Waals surface area contributed by atoms with E-state index in [0.29, 0.717) is 30.9 Å². The Morgan fingerprint density at radius 1 is 1.29 bits per heavy atom. The lowest BCUT2D eigenvalue weighted by Gasteiger charge is -2.28. The molecule has 0 bridgehead atoms. The van der Waals surface area contributed by atoms with Crippen LogP contribution in [0.1, 0.15) is 5.69 Å². The molecule has 24 heavy (non-hydrogen) atoms. The van der Waals surface area contributed by atoms with Crippen LogP contribution in [0, 0.1) is 0 Å². The molecule has 3 rings (SSSR count). The molecule has 7 nitrogen and oxygen atoms in total. The summed E-state index contributed by atoms with van der Waals surface area (Å²) in [7, 11) is 1.63. The first kappa shape index (κ1) is 16.7. The first-order chi connectivity index (χ1) is 11.7. The van der Waals surface area contributed by atoms with Gasteiger partial charge in [0.05, 0.1) is 26.5 Å². The van der Waals surface area contributed by atoms with Gasteiger partial charge in [0, 0.05) is 37.8 Å². The molecule has 0 saturated carbocycles. The summed E-state index contributed by atoms with van der Waals surface area (Å²) in [5.41, 5.74) is 0.971. The van der Waals surface area contributed by atoms with Gasteiger partial charge < -0.3 is 19.7 Å². The van der Waals surface area contributed by atoms with E-state index in [4.69, 9.17) is 21.1 Å². The number of rotatable bonds is 6. The number of nitrogens with zero attached hydrogens (tertiary/aromatic N) is 4. The molecule has 1 aliphatic heterocycles. The van der Waals surface area contributed by atoms with Crippen LogP contribution in [0.3, 0.4) is 0 Å². The minimum atomic E-state index is 0.427. The predicted octanol–water partition coefficient (Wildman–Crippen LogP) is 2.02. The lowest BCUT2D eigenvalue weighted by atomic mass is 10.2.